The summed E-state index contributed by atoms with van der Waals surface area (Å²) in [5.74, 6) is 0.596. The molecule has 3 N–H and O–H groups in total. The Labute approximate surface area is 125 Å². The highest BCUT2D eigenvalue weighted by atomic mass is 16.5. The van der Waals surface area contributed by atoms with Crippen molar-refractivity contribution in [3.8, 4) is 5.75 Å². The number of benzene rings is 1. The minimum Gasteiger partial charge on any atom is -0.490 e. The van der Waals surface area contributed by atoms with Crippen molar-refractivity contribution in [2.45, 2.75) is 44.2 Å². The Morgan fingerprint density at radius 2 is 1.95 bits per heavy atom. The van der Waals surface area contributed by atoms with Gasteiger partial charge in [-0.1, -0.05) is 6.42 Å². The standard InChI is InChI=1S/C16H24N2O3/c1-20-11-15(17)16(19)18-12-7-9-14(10-8-12)21-13-5-3-2-4-6-13/h7-10,13,15H,2-6,11,17H2,1H3,(H,18,19). The Kier molecular flexibility index (Phi) is 6.02. The van der Waals surface area contributed by atoms with Gasteiger partial charge in [0.25, 0.3) is 0 Å². The smallest absolute Gasteiger partial charge is 0.243 e. The number of carbonyl (C=O) groups excluding carboxylic acids is 1. The second-order valence-corrected chi connectivity index (χ2v) is 5.45. The normalized spacial score (nSPS) is 17.2. The molecule has 1 aliphatic rings. The van der Waals surface area contributed by atoms with E-state index in [2.05, 4.69) is 5.32 Å². The molecule has 1 unspecified atom stereocenters. The number of nitrogens with one attached hydrogen (secondary N) is 1. The molecule has 1 fully saturated rings. The minimum atomic E-state index is -0.659. The van der Waals surface area contributed by atoms with E-state index in [1.54, 1.807) is 0 Å². The van der Waals surface area contributed by atoms with Gasteiger partial charge < -0.3 is 20.5 Å². The van der Waals surface area contributed by atoms with Crippen molar-refractivity contribution in [1.29, 1.82) is 0 Å². The van der Waals surface area contributed by atoms with E-state index in [1.165, 1.54) is 26.4 Å². The number of rotatable bonds is 6. The molecular weight excluding hydrogens is 268 g/mol. The maximum Gasteiger partial charge on any atom is 0.243 e. The molecule has 0 spiro atoms. The molecule has 116 valence electrons. The number of amides is 1. The fraction of sp³-hybridized carbons (Fsp3) is 0.562. The summed E-state index contributed by atoms with van der Waals surface area (Å²) in [5, 5.41) is 2.76. The molecule has 0 saturated heterocycles. The summed E-state index contributed by atoms with van der Waals surface area (Å²) >= 11 is 0. The van der Waals surface area contributed by atoms with Crippen LogP contribution in [0.15, 0.2) is 24.3 Å². The van der Waals surface area contributed by atoms with Crippen LogP contribution in [0.4, 0.5) is 5.69 Å². The van der Waals surface area contributed by atoms with Crippen LogP contribution in [-0.2, 0) is 9.53 Å². The van der Waals surface area contributed by atoms with Crippen LogP contribution in [0.3, 0.4) is 0 Å². The van der Waals surface area contributed by atoms with E-state index >= 15 is 0 Å². The molecule has 1 aromatic rings. The fourth-order valence-electron chi connectivity index (χ4n) is 2.48. The van der Waals surface area contributed by atoms with E-state index in [4.69, 9.17) is 15.2 Å². The van der Waals surface area contributed by atoms with Crippen molar-refractivity contribution >= 4 is 11.6 Å². The summed E-state index contributed by atoms with van der Waals surface area (Å²) in [6.07, 6.45) is 6.39. The van der Waals surface area contributed by atoms with Crippen LogP contribution < -0.4 is 15.8 Å². The van der Waals surface area contributed by atoms with Gasteiger partial charge in [0, 0.05) is 12.8 Å². The van der Waals surface area contributed by atoms with Crippen LogP contribution >= 0.6 is 0 Å². The van der Waals surface area contributed by atoms with Crippen molar-refractivity contribution < 1.29 is 14.3 Å². The fourth-order valence-corrected chi connectivity index (χ4v) is 2.48. The van der Waals surface area contributed by atoms with E-state index in [0.717, 1.165) is 18.6 Å². The molecule has 21 heavy (non-hydrogen) atoms. The monoisotopic (exact) mass is 292 g/mol. The molecule has 0 heterocycles. The summed E-state index contributed by atoms with van der Waals surface area (Å²) in [7, 11) is 1.52. The summed E-state index contributed by atoms with van der Waals surface area (Å²) in [6, 6.07) is 6.76. The van der Waals surface area contributed by atoms with E-state index < -0.39 is 6.04 Å². The summed E-state index contributed by atoms with van der Waals surface area (Å²) < 4.78 is 10.8. The first kappa shape index (κ1) is 15.8. The summed E-state index contributed by atoms with van der Waals surface area (Å²) in [5.41, 5.74) is 6.38. The van der Waals surface area contributed by atoms with E-state index in [1.807, 2.05) is 24.3 Å². The number of carbonyl (C=O) groups is 1. The van der Waals surface area contributed by atoms with Gasteiger partial charge in [-0.15, -0.1) is 0 Å². The maximum atomic E-state index is 11.8. The van der Waals surface area contributed by atoms with Gasteiger partial charge in [-0.2, -0.15) is 0 Å². The van der Waals surface area contributed by atoms with Crippen LogP contribution in [0.5, 0.6) is 5.75 Å². The van der Waals surface area contributed by atoms with Crippen LogP contribution in [0, 0.1) is 0 Å². The lowest BCUT2D eigenvalue weighted by Crippen LogP contribution is -2.39. The Bertz CT molecular complexity index is 441. The van der Waals surface area contributed by atoms with Gasteiger partial charge in [0.05, 0.1) is 12.7 Å². The van der Waals surface area contributed by atoms with Gasteiger partial charge in [-0.3, -0.25) is 4.79 Å². The third-order valence-electron chi connectivity index (χ3n) is 3.66. The highest BCUT2D eigenvalue weighted by molar-refractivity contribution is 5.94. The average molecular weight is 292 g/mol. The van der Waals surface area contributed by atoms with Crippen molar-refractivity contribution in [1.82, 2.24) is 0 Å². The SMILES string of the molecule is COCC(N)C(=O)Nc1ccc(OC2CCCCC2)cc1. The zero-order valence-corrected chi connectivity index (χ0v) is 12.5. The molecule has 1 amide bonds. The van der Waals surface area contributed by atoms with Gasteiger partial charge >= 0.3 is 0 Å². The van der Waals surface area contributed by atoms with Crippen LogP contribution in [0.25, 0.3) is 0 Å². The number of ether oxygens (including phenoxy) is 2. The van der Waals surface area contributed by atoms with Crippen LogP contribution in [-0.4, -0.2) is 31.8 Å². The quantitative estimate of drug-likeness (QED) is 0.844. The van der Waals surface area contributed by atoms with Crippen molar-refractivity contribution in [2.75, 3.05) is 19.0 Å². The predicted octanol–water partition coefficient (Wildman–Crippen LogP) is 2.31. The lowest BCUT2D eigenvalue weighted by atomic mass is 9.98. The molecular formula is C16H24N2O3. The lowest BCUT2D eigenvalue weighted by Gasteiger charge is -2.23. The van der Waals surface area contributed by atoms with Gasteiger partial charge in [0.15, 0.2) is 0 Å². The Morgan fingerprint density at radius 1 is 1.29 bits per heavy atom. The number of methoxy groups -OCH3 is 1. The van der Waals surface area contributed by atoms with Crippen molar-refractivity contribution in [3.63, 3.8) is 0 Å². The largest absolute Gasteiger partial charge is 0.490 e. The first-order chi connectivity index (χ1) is 10.2. The first-order valence-corrected chi connectivity index (χ1v) is 7.51. The molecule has 0 aromatic heterocycles. The van der Waals surface area contributed by atoms with Crippen molar-refractivity contribution in [2.24, 2.45) is 5.73 Å². The topological polar surface area (TPSA) is 73.6 Å². The third-order valence-corrected chi connectivity index (χ3v) is 3.66. The molecule has 5 nitrogen and oxygen atoms in total. The van der Waals surface area contributed by atoms with Crippen LogP contribution in [0.2, 0.25) is 0 Å². The first-order valence-electron chi connectivity index (χ1n) is 7.51. The van der Waals surface area contributed by atoms with E-state index in [9.17, 15) is 4.79 Å². The number of hydrogen-bond donors (Lipinski definition) is 2. The highest BCUT2D eigenvalue weighted by Gasteiger charge is 2.15. The Balaban J connectivity index is 1.85. The Morgan fingerprint density at radius 3 is 2.57 bits per heavy atom. The summed E-state index contributed by atoms with van der Waals surface area (Å²) in [6.45, 7) is 0.203. The molecule has 0 bridgehead atoms. The number of nitrogens with two attached hydrogens (primary N) is 1. The van der Waals surface area contributed by atoms with E-state index in [-0.39, 0.29) is 12.5 Å². The third kappa shape index (κ3) is 5.02. The molecule has 1 saturated carbocycles. The lowest BCUT2D eigenvalue weighted by molar-refractivity contribution is -0.118. The average Bonchev–Trinajstić information content (AvgIpc) is 2.50. The molecule has 5 heteroatoms. The maximum absolute atomic E-state index is 11.8. The predicted molar refractivity (Wildman–Crippen MR) is 82.4 cm³/mol. The molecule has 1 atom stereocenters. The molecule has 0 radical (unpaired) electrons. The molecule has 1 aliphatic carbocycles. The van der Waals surface area contributed by atoms with Crippen LogP contribution in [0.1, 0.15) is 32.1 Å². The second kappa shape index (κ2) is 8.00. The molecule has 2 rings (SSSR count). The van der Waals surface area contributed by atoms with Gasteiger partial charge in [-0.25, -0.2) is 0 Å². The summed E-state index contributed by atoms with van der Waals surface area (Å²) in [4.78, 5) is 11.8. The zero-order valence-electron chi connectivity index (χ0n) is 12.5. The van der Waals surface area contributed by atoms with E-state index in [0.29, 0.717) is 11.8 Å². The second-order valence-electron chi connectivity index (χ2n) is 5.45. The van der Waals surface area contributed by atoms with Gasteiger partial charge in [-0.05, 0) is 49.9 Å². The van der Waals surface area contributed by atoms with Gasteiger partial charge in [0.2, 0.25) is 5.91 Å². The zero-order chi connectivity index (χ0) is 15.1. The Hall–Kier alpha value is -1.59. The molecule has 0 aliphatic heterocycles. The minimum absolute atomic E-state index is 0.203. The van der Waals surface area contributed by atoms with Gasteiger partial charge in [0.1, 0.15) is 11.8 Å². The number of hydrogen-bond acceptors (Lipinski definition) is 4. The highest BCUT2D eigenvalue weighted by Crippen LogP contribution is 2.24. The number of anilines is 1. The molecule has 1 aromatic carbocycles. The van der Waals surface area contributed by atoms with Crippen molar-refractivity contribution in [3.05, 3.63) is 24.3 Å².